The molecule has 0 atom stereocenters. The van der Waals surface area contributed by atoms with Gasteiger partial charge in [-0.25, -0.2) is 0 Å². The lowest BCUT2D eigenvalue weighted by molar-refractivity contribution is 0.211. The van der Waals surface area contributed by atoms with Gasteiger partial charge in [-0.05, 0) is 45.0 Å². The van der Waals surface area contributed by atoms with Gasteiger partial charge in [-0.15, -0.1) is 10.2 Å². The molecule has 1 saturated heterocycles. The summed E-state index contributed by atoms with van der Waals surface area (Å²) >= 11 is 0. The molecule has 0 aromatic carbocycles. The molecule has 134 valence electrons. The van der Waals surface area contributed by atoms with Crippen molar-refractivity contribution in [1.29, 1.82) is 0 Å². The number of aromatic nitrogens is 4. The Morgan fingerprint density at radius 1 is 0.880 bits per heavy atom. The summed E-state index contributed by atoms with van der Waals surface area (Å²) in [6.07, 6.45) is 4.98. The van der Waals surface area contributed by atoms with E-state index in [1.165, 1.54) is 32.4 Å². The minimum Gasteiger partial charge on any atom is -0.313 e. The monoisotopic (exact) mass is 340 g/mol. The molecule has 6 heteroatoms. The maximum atomic E-state index is 4.65. The molecule has 4 heterocycles. The second-order valence-electron chi connectivity index (χ2n) is 7.32. The molecule has 0 bridgehead atoms. The van der Waals surface area contributed by atoms with Crippen LogP contribution in [0.4, 0.5) is 0 Å². The Labute approximate surface area is 149 Å². The summed E-state index contributed by atoms with van der Waals surface area (Å²) in [6, 6.07) is 6.28. The van der Waals surface area contributed by atoms with E-state index in [0.717, 1.165) is 62.2 Å². The number of pyridine rings is 1. The van der Waals surface area contributed by atoms with Crippen molar-refractivity contribution in [2.75, 3.05) is 26.2 Å². The molecule has 0 N–H and O–H groups in total. The predicted molar refractivity (Wildman–Crippen MR) is 97.1 cm³/mol. The number of hydrogen-bond donors (Lipinski definition) is 0. The lowest BCUT2D eigenvalue weighted by Crippen LogP contribution is -2.31. The molecule has 1 fully saturated rings. The highest BCUT2D eigenvalue weighted by Gasteiger charge is 2.21. The van der Waals surface area contributed by atoms with Crippen LogP contribution in [0, 0.1) is 6.92 Å². The fourth-order valence-corrected chi connectivity index (χ4v) is 3.94. The number of likely N-dealkylation sites (tertiary alicyclic amines) is 1. The highest BCUT2D eigenvalue weighted by atomic mass is 15.3. The average Bonchev–Trinajstić information content (AvgIpc) is 2.88. The highest BCUT2D eigenvalue weighted by molar-refractivity contribution is 5.10. The third kappa shape index (κ3) is 4.07. The third-order valence-corrected chi connectivity index (χ3v) is 5.34. The number of piperidine rings is 1. The summed E-state index contributed by atoms with van der Waals surface area (Å²) in [5.74, 6) is 2.29. The van der Waals surface area contributed by atoms with Crippen LogP contribution in [0.15, 0.2) is 18.2 Å². The van der Waals surface area contributed by atoms with Gasteiger partial charge in [0.05, 0.1) is 12.2 Å². The SMILES string of the molecule is Cc1cccc(CN2CCc3nnc(CN4CCCCC4)n3CC2)n1. The van der Waals surface area contributed by atoms with Crippen LogP contribution in [0.1, 0.15) is 42.3 Å². The molecule has 0 unspecified atom stereocenters. The summed E-state index contributed by atoms with van der Waals surface area (Å²) < 4.78 is 2.36. The molecule has 25 heavy (non-hydrogen) atoms. The van der Waals surface area contributed by atoms with Gasteiger partial charge < -0.3 is 4.57 Å². The van der Waals surface area contributed by atoms with E-state index in [-0.39, 0.29) is 0 Å². The zero-order valence-corrected chi connectivity index (χ0v) is 15.2. The molecule has 6 nitrogen and oxygen atoms in total. The lowest BCUT2D eigenvalue weighted by Gasteiger charge is -2.26. The van der Waals surface area contributed by atoms with Gasteiger partial charge in [0.25, 0.3) is 0 Å². The van der Waals surface area contributed by atoms with Crippen LogP contribution in [0.2, 0.25) is 0 Å². The van der Waals surface area contributed by atoms with Gasteiger partial charge in [-0.3, -0.25) is 14.8 Å². The second kappa shape index (κ2) is 7.62. The molecule has 0 aliphatic carbocycles. The van der Waals surface area contributed by atoms with Crippen LogP contribution >= 0.6 is 0 Å². The number of fused-ring (bicyclic) bond motifs is 1. The number of hydrogen-bond acceptors (Lipinski definition) is 5. The van der Waals surface area contributed by atoms with Gasteiger partial charge in [-0.2, -0.15) is 0 Å². The molecule has 0 amide bonds. The summed E-state index contributed by atoms with van der Waals surface area (Å²) in [7, 11) is 0. The van der Waals surface area contributed by atoms with E-state index < -0.39 is 0 Å². The van der Waals surface area contributed by atoms with Crippen LogP contribution < -0.4 is 0 Å². The summed E-state index contributed by atoms with van der Waals surface area (Å²) in [5, 5.41) is 8.98. The Kier molecular flexibility index (Phi) is 5.08. The fraction of sp³-hybridized carbons (Fsp3) is 0.632. The molecule has 2 aromatic heterocycles. The van der Waals surface area contributed by atoms with Gasteiger partial charge in [0.1, 0.15) is 11.6 Å². The Morgan fingerprint density at radius 2 is 1.72 bits per heavy atom. The van der Waals surface area contributed by atoms with Crippen molar-refractivity contribution < 1.29 is 0 Å². The summed E-state index contributed by atoms with van der Waals surface area (Å²) in [4.78, 5) is 9.66. The standard InChI is InChI=1S/C19H28N6/c1-16-6-5-7-17(20-16)14-24-11-8-18-21-22-19(25(18)13-12-24)15-23-9-3-2-4-10-23/h5-7H,2-4,8-15H2,1H3. The van der Waals surface area contributed by atoms with E-state index in [1.807, 2.05) is 0 Å². The summed E-state index contributed by atoms with van der Waals surface area (Å²) in [6.45, 7) is 9.37. The van der Waals surface area contributed by atoms with Crippen molar-refractivity contribution in [1.82, 2.24) is 29.5 Å². The van der Waals surface area contributed by atoms with E-state index in [0.29, 0.717) is 0 Å². The predicted octanol–water partition coefficient (Wildman–Crippen LogP) is 2.03. The van der Waals surface area contributed by atoms with E-state index in [9.17, 15) is 0 Å². The zero-order valence-electron chi connectivity index (χ0n) is 15.2. The van der Waals surface area contributed by atoms with Gasteiger partial charge >= 0.3 is 0 Å². The first-order valence-corrected chi connectivity index (χ1v) is 9.56. The third-order valence-electron chi connectivity index (χ3n) is 5.34. The second-order valence-corrected chi connectivity index (χ2v) is 7.32. The van der Waals surface area contributed by atoms with Gasteiger partial charge in [0.15, 0.2) is 0 Å². The van der Waals surface area contributed by atoms with Crippen molar-refractivity contribution in [2.45, 2.75) is 52.2 Å². The molecule has 0 radical (unpaired) electrons. The topological polar surface area (TPSA) is 50.1 Å². The molecule has 4 rings (SSSR count). The van der Waals surface area contributed by atoms with Gasteiger partial charge in [0, 0.05) is 38.3 Å². The molecular weight excluding hydrogens is 312 g/mol. The highest BCUT2D eigenvalue weighted by Crippen LogP contribution is 2.16. The maximum Gasteiger partial charge on any atom is 0.147 e. The largest absolute Gasteiger partial charge is 0.313 e. The number of aryl methyl sites for hydroxylation is 1. The first-order chi connectivity index (χ1) is 12.3. The molecule has 2 aliphatic rings. The fourth-order valence-electron chi connectivity index (χ4n) is 3.94. The van der Waals surface area contributed by atoms with E-state index in [4.69, 9.17) is 0 Å². The van der Waals surface area contributed by atoms with Crippen molar-refractivity contribution in [3.05, 3.63) is 41.2 Å². The van der Waals surface area contributed by atoms with E-state index in [2.05, 4.69) is 54.7 Å². The van der Waals surface area contributed by atoms with Crippen LogP contribution in [-0.2, 0) is 26.1 Å². The minimum atomic E-state index is 0.918. The van der Waals surface area contributed by atoms with Crippen molar-refractivity contribution in [3.63, 3.8) is 0 Å². The molecule has 2 aromatic rings. The Morgan fingerprint density at radius 3 is 2.56 bits per heavy atom. The van der Waals surface area contributed by atoms with Crippen molar-refractivity contribution >= 4 is 0 Å². The first-order valence-electron chi connectivity index (χ1n) is 9.56. The molecule has 0 saturated carbocycles. The van der Waals surface area contributed by atoms with E-state index >= 15 is 0 Å². The smallest absolute Gasteiger partial charge is 0.147 e. The lowest BCUT2D eigenvalue weighted by atomic mass is 10.1. The van der Waals surface area contributed by atoms with Crippen LogP contribution in [0.3, 0.4) is 0 Å². The number of rotatable bonds is 4. The van der Waals surface area contributed by atoms with Crippen LogP contribution in [-0.4, -0.2) is 55.7 Å². The number of nitrogens with zero attached hydrogens (tertiary/aromatic N) is 6. The first kappa shape index (κ1) is 16.7. The molecule has 0 spiro atoms. The summed E-state index contributed by atoms with van der Waals surface area (Å²) in [5.41, 5.74) is 2.25. The van der Waals surface area contributed by atoms with Crippen LogP contribution in [0.25, 0.3) is 0 Å². The molecule has 2 aliphatic heterocycles. The van der Waals surface area contributed by atoms with Gasteiger partial charge in [0.2, 0.25) is 0 Å². The van der Waals surface area contributed by atoms with Gasteiger partial charge in [-0.1, -0.05) is 12.5 Å². The Bertz CT molecular complexity index is 704. The quantitative estimate of drug-likeness (QED) is 0.852. The minimum absolute atomic E-state index is 0.918. The zero-order chi connectivity index (χ0) is 17.1. The Hall–Kier alpha value is -1.79. The van der Waals surface area contributed by atoms with E-state index in [1.54, 1.807) is 0 Å². The normalized spacial score (nSPS) is 19.6. The van der Waals surface area contributed by atoms with Crippen LogP contribution in [0.5, 0.6) is 0 Å². The Balaban J connectivity index is 1.40. The van der Waals surface area contributed by atoms with Crippen molar-refractivity contribution in [2.24, 2.45) is 0 Å². The molecular formula is C19H28N6. The van der Waals surface area contributed by atoms with Crippen molar-refractivity contribution in [3.8, 4) is 0 Å². The maximum absolute atomic E-state index is 4.65. The average molecular weight is 340 g/mol.